The molecule has 0 spiro atoms. The number of hydrogen-bond donors (Lipinski definition) is 0. The maximum absolute atomic E-state index is 12.4. The van der Waals surface area contributed by atoms with Gasteiger partial charge in [0.15, 0.2) is 17.3 Å². The molecule has 20 heavy (non-hydrogen) atoms. The lowest BCUT2D eigenvalue weighted by Gasteiger charge is -2.15. The Morgan fingerprint density at radius 1 is 1.15 bits per heavy atom. The predicted molar refractivity (Wildman–Crippen MR) is 82.2 cm³/mol. The van der Waals surface area contributed by atoms with Crippen LogP contribution in [0, 0.1) is 5.92 Å². The summed E-state index contributed by atoms with van der Waals surface area (Å²) in [4.78, 5) is 12.4. The van der Waals surface area contributed by atoms with Crippen LogP contribution in [0.25, 0.3) is 0 Å². The molecule has 0 bridgehead atoms. The monoisotopic (exact) mass is 298 g/mol. The first-order valence-electron chi connectivity index (χ1n) is 7.18. The average molecular weight is 299 g/mol. The Balaban J connectivity index is 3.13. The van der Waals surface area contributed by atoms with Crippen LogP contribution in [0.5, 0.6) is 11.5 Å². The zero-order chi connectivity index (χ0) is 15.1. The molecule has 0 radical (unpaired) electrons. The lowest BCUT2D eigenvalue weighted by molar-refractivity contribution is 0.0923. The van der Waals surface area contributed by atoms with Crippen LogP contribution in [0.4, 0.5) is 0 Å². The molecule has 112 valence electrons. The third-order valence-corrected chi connectivity index (χ3v) is 3.38. The van der Waals surface area contributed by atoms with E-state index in [0.29, 0.717) is 35.3 Å². The summed E-state index contributed by atoms with van der Waals surface area (Å²) >= 11 is 6.22. The molecular weight excluding hydrogens is 276 g/mol. The van der Waals surface area contributed by atoms with E-state index in [0.717, 1.165) is 12.8 Å². The number of ketones is 1. The molecule has 0 aliphatic heterocycles. The number of benzene rings is 1. The minimum Gasteiger partial charge on any atom is -0.490 e. The first-order valence-corrected chi connectivity index (χ1v) is 7.56. The van der Waals surface area contributed by atoms with Crippen molar-refractivity contribution in [3.63, 3.8) is 0 Å². The van der Waals surface area contributed by atoms with Gasteiger partial charge < -0.3 is 9.47 Å². The van der Waals surface area contributed by atoms with Crippen molar-refractivity contribution in [1.29, 1.82) is 0 Å². The molecule has 0 amide bonds. The van der Waals surface area contributed by atoms with Crippen LogP contribution in [0.2, 0.25) is 5.02 Å². The van der Waals surface area contributed by atoms with E-state index in [1.165, 1.54) is 0 Å². The molecule has 0 N–H and O–H groups in total. The highest BCUT2D eigenvalue weighted by atomic mass is 35.5. The largest absolute Gasteiger partial charge is 0.490 e. The van der Waals surface area contributed by atoms with Gasteiger partial charge in [0.1, 0.15) is 0 Å². The zero-order valence-electron chi connectivity index (χ0n) is 12.7. The van der Waals surface area contributed by atoms with Gasteiger partial charge in [-0.2, -0.15) is 0 Å². The summed E-state index contributed by atoms with van der Waals surface area (Å²) in [6, 6.07) is 3.37. The van der Waals surface area contributed by atoms with E-state index in [4.69, 9.17) is 21.1 Å². The van der Waals surface area contributed by atoms with Crippen molar-refractivity contribution in [3.05, 3.63) is 22.7 Å². The van der Waals surface area contributed by atoms with Crippen LogP contribution >= 0.6 is 11.6 Å². The maximum Gasteiger partial charge on any atom is 0.167 e. The van der Waals surface area contributed by atoms with Crippen molar-refractivity contribution in [2.24, 2.45) is 5.92 Å². The molecule has 3 nitrogen and oxygen atoms in total. The summed E-state index contributed by atoms with van der Waals surface area (Å²) in [6.45, 7) is 8.82. The highest BCUT2D eigenvalue weighted by molar-refractivity contribution is 6.34. The standard InChI is InChI=1S/C16H23ClO3/c1-5-8-11(4)16(18)12-9-14(19-6-2)15(20-7-3)10-13(12)17/h9-11H,5-8H2,1-4H3. The molecule has 1 aromatic carbocycles. The fourth-order valence-electron chi connectivity index (χ4n) is 2.09. The number of rotatable bonds is 8. The second-order valence-corrected chi connectivity index (χ2v) is 5.11. The van der Waals surface area contributed by atoms with E-state index in [9.17, 15) is 4.79 Å². The molecule has 4 heteroatoms. The van der Waals surface area contributed by atoms with Gasteiger partial charge in [0.25, 0.3) is 0 Å². The second-order valence-electron chi connectivity index (χ2n) is 4.70. The van der Waals surface area contributed by atoms with E-state index in [1.54, 1.807) is 12.1 Å². The Hall–Kier alpha value is -1.22. The SMILES string of the molecule is CCCC(C)C(=O)c1cc(OCC)c(OCC)cc1Cl. The molecule has 1 atom stereocenters. The fourth-order valence-corrected chi connectivity index (χ4v) is 2.34. The first-order chi connectivity index (χ1) is 9.54. The molecule has 0 heterocycles. The molecule has 0 aliphatic rings. The normalized spacial score (nSPS) is 12.1. The minimum absolute atomic E-state index is 0.0371. The number of hydrogen-bond acceptors (Lipinski definition) is 3. The Morgan fingerprint density at radius 3 is 2.20 bits per heavy atom. The summed E-state index contributed by atoms with van der Waals surface area (Å²) in [7, 11) is 0. The van der Waals surface area contributed by atoms with Gasteiger partial charge >= 0.3 is 0 Å². The Morgan fingerprint density at radius 2 is 1.70 bits per heavy atom. The van der Waals surface area contributed by atoms with Crippen LogP contribution in [0.3, 0.4) is 0 Å². The van der Waals surface area contributed by atoms with Crippen LogP contribution in [0.1, 0.15) is 50.9 Å². The average Bonchev–Trinajstić information content (AvgIpc) is 2.41. The molecule has 0 saturated carbocycles. The lowest BCUT2D eigenvalue weighted by atomic mass is 9.95. The van der Waals surface area contributed by atoms with E-state index in [-0.39, 0.29) is 11.7 Å². The van der Waals surface area contributed by atoms with Gasteiger partial charge in [-0.05, 0) is 26.3 Å². The van der Waals surface area contributed by atoms with E-state index in [2.05, 4.69) is 6.92 Å². The summed E-state index contributed by atoms with van der Waals surface area (Å²) in [5.74, 6) is 1.18. The Bertz CT molecular complexity index is 457. The van der Waals surface area contributed by atoms with Gasteiger partial charge in [0, 0.05) is 17.5 Å². The summed E-state index contributed by atoms with van der Waals surface area (Å²) in [5, 5.41) is 0.421. The van der Waals surface area contributed by atoms with Crippen molar-refractivity contribution in [1.82, 2.24) is 0 Å². The number of carbonyl (C=O) groups is 1. The van der Waals surface area contributed by atoms with Gasteiger partial charge in [0.05, 0.1) is 18.2 Å². The van der Waals surface area contributed by atoms with Crippen molar-refractivity contribution in [2.75, 3.05) is 13.2 Å². The fraction of sp³-hybridized carbons (Fsp3) is 0.562. The maximum atomic E-state index is 12.4. The van der Waals surface area contributed by atoms with Crippen LogP contribution in [0.15, 0.2) is 12.1 Å². The topological polar surface area (TPSA) is 35.5 Å². The summed E-state index contributed by atoms with van der Waals surface area (Å²) < 4.78 is 11.0. The first kappa shape index (κ1) is 16.8. The molecule has 1 rings (SSSR count). The second kappa shape index (κ2) is 8.15. The Kier molecular flexibility index (Phi) is 6.86. The van der Waals surface area contributed by atoms with Crippen molar-refractivity contribution in [2.45, 2.75) is 40.5 Å². The highest BCUT2D eigenvalue weighted by Gasteiger charge is 2.20. The Labute approximate surface area is 126 Å². The van der Waals surface area contributed by atoms with Crippen LogP contribution < -0.4 is 9.47 Å². The van der Waals surface area contributed by atoms with E-state index >= 15 is 0 Å². The lowest BCUT2D eigenvalue weighted by Crippen LogP contribution is -2.12. The highest BCUT2D eigenvalue weighted by Crippen LogP contribution is 2.35. The molecule has 0 fully saturated rings. The molecular formula is C16H23ClO3. The van der Waals surface area contributed by atoms with E-state index in [1.807, 2.05) is 20.8 Å². The zero-order valence-corrected chi connectivity index (χ0v) is 13.4. The van der Waals surface area contributed by atoms with Gasteiger partial charge in [0.2, 0.25) is 0 Å². The summed E-state index contributed by atoms with van der Waals surface area (Å²) in [6.07, 6.45) is 1.83. The summed E-state index contributed by atoms with van der Waals surface area (Å²) in [5.41, 5.74) is 0.513. The van der Waals surface area contributed by atoms with Crippen LogP contribution in [-0.2, 0) is 0 Å². The number of halogens is 1. The molecule has 1 aromatic rings. The van der Waals surface area contributed by atoms with Crippen molar-refractivity contribution < 1.29 is 14.3 Å². The van der Waals surface area contributed by atoms with Crippen molar-refractivity contribution >= 4 is 17.4 Å². The molecule has 0 saturated heterocycles. The van der Waals surface area contributed by atoms with Crippen molar-refractivity contribution in [3.8, 4) is 11.5 Å². The minimum atomic E-state index is -0.0371. The van der Waals surface area contributed by atoms with Gasteiger partial charge in [-0.3, -0.25) is 4.79 Å². The van der Waals surface area contributed by atoms with Gasteiger partial charge in [-0.1, -0.05) is 31.9 Å². The van der Waals surface area contributed by atoms with E-state index < -0.39 is 0 Å². The number of carbonyl (C=O) groups excluding carboxylic acids is 1. The number of ether oxygens (including phenoxy) is 2. The molecule has 0 aliphatic carbocycles. The third-order valence-electron chi connectivity index (χ3n) is 3.07. The van der Waals surface area contributed by atoms with Gasteiger partial charge in [-0.15, -0.1) is 0 Å². The molecule has 1 unspecified atom stereocenters. The molecule has 0 aromatic heterocycles. The predicted octanol–water partition coefficient (Wildman–Crippen LogP) is 4.76. The smallest absolute Gasteiger partial charge is 0.167 e. The number of Topliss-reactive ketones (excluding diaryl/α,β-unsaturated/α-hetero) is 1. The quantitative estimate of drug-likeness (QED) is 0.649. The third kappa shape index (κ3) is 4.14. The van der Waals surface area contributed by atoms with Crippen LogP contribution in [-0.4, -0.2) is 19.0 Å². The van der Waals surface area contributed by atoms with Gasteiger partial charge in [-0.25, -0.2) is 0 Å².